The van der Waals surface area contributed by atoms with Gasteiger partial charge >= 0.3 is 0 Å². The first-order chi connectivity index (χ1) is 5.41. The third kappa shape index (κ3) is 1.88. The van der Waals surface area contributed by atoms with E-state index in [0.717, 1.165) is 5.01 Å². The van der Waals surface area contributed by atoms with Gasteiger partial charge in [0.25, 0.3) is 0 Å². The summed E-state index contributed by atoms with van der Waals surface area (Å²) in [7, 11) is 0. The van der Waals surface area contributed by atoms with E-state index in [2.05, 4.69) is 10.2 Å². The lowest BCUT2D eigenvalue weighted by atomic mass is 9.91. The molecule has 0 aliphatic heterocycles. The zero-order valence-corrected chi connectivity index (χ0v) is 8.53. The van der Waals surface area contributed by atoms with E-state index in [-0.39, 0.29) is 11.2 Å². The molecule has 0 bridgehead atoms. The van der Waals surface area contributed by atoms with Crippen LogP contribution in [-0.4, -0.2) is 16.0 Å². The molecule has 0 unspecified atom stereocenters. The number of aromatic nitrogens is 2. The van der Waals surface area contributed by atoms with E-state index >= 15 is 0 Å². The number of carbonyl (C=O) groups is 1. The van der Waals surface area contributed by atoms with Gasteiger partial charge in [0.05, 0.1) is 0 Å². The molecular weight excluding hydrogens is 172 g/mol. The predicted octanol–water partition coefficient (Wildman–Crippen LogP) is 2.08. The average Bonchev–Trinajstić information content (AvgIpc) is 2.32. The monoisotopic (exact) mass is 184 g/mol. The highest BCUT2D eigenvalue weighted by Gasteiger charge is 2.25. The Morgan fingerprint density at radius 1 is 1.33 bits per heavy atom. The van der Waals surface area contributed by atoms with Crippen LogP contribution in [0.25, 0.3) is 0 Å². The van der Waals surface area contributed by atoms with Crippen LogP contribution in [0.1, 0.15) is 35.6 Å². The standard InChI is InChI=1S/C8H12N2OS/c1-5-9-10-7(12-5)6(11)8(2,3)4/h1-4H3. The van der Waals surface area contributed by atoms with Gasteiger partial charge in [0, 0.05) is 5.41 Å². The lowest BCUT2D eigenvalue weighted by molar-refractivity contribution is 0.0857. The van der Waals surface area contributed by atoms with Crippen molar-refractivity contribution < 1.29 is 4.79 Å². The molecule has 1 heterocycles. The van der Waals surface area contributed by atoms with Crippen LogP contribution >= 0.6 is 11.3 Å². The Morgan fingerprint density at radius 2 is 1.92 bits per heavy atom. The second-order valence-corrected chi connectivity index (χ2v) is 4.89. The van der Waals surface area contributed by atoms with Crippen molar-refractivity contribution in [3.8, 4) is 0 Å². The summed E-state index contributed by atoms with van der Waals surface area (Å²) in [5, 5.41) is 8.95. The van der Waals surface area contributed by atoms with Gasteiger partial charge < -0.3 is 0 Å². The fraction of sp³-hybridized carbons (Fsp3) is 0.625. The molecular formula is C8H12N2OS. The third-order valence-electron chi connectivity index (χ3n) is 1.40. The van der Waals surface area contributed by atoms with Crippen molar-refractivity contribution in [2.45, 2.75) is 27.7 Å². The summed E-state index contributed by atoms with van der Waals surface area (Å²) in [5.41, 5.74) is -0.355. The number of hydrogen-bond donors (Lipinski definition) is 0. The molecule has 0 aromatic carbocycles. The molecule has 0 aliphatic rings. The van der Waals surface area contributed by atoms with Crippen molar-refractivity contribution in [2.24, 2.45) is 5.41 Å². The molecule has 0 aliphatic carbocycles. The van der Waals surface area contributed by atoms with E-state index in [1.54, 1.807) is 0 Å². The summed E-state index contributed by atoms with van der Waals surface area (Å²) in [4.78, 5) is 11.6. The summed E-state index contributed by atoms with van der Waals surface area (Å²) in [6.45, 7) is 7.49. The lowest BCUT2D eigenvalue weighted by Gasteiger charge is -2.13. The summed E-state index contributed by atoms with van der Waals surface area (Å²) in [6.07, 6.45) is 0. The molecule has 3 nitrogen and oxygen atoms in total. The minimum absolute atomic E-state index is 0.0631. The van der Waals surface area contributed by atoms with Crippen LogP contribution in [0.2, 0.25) is 0 Å². The first-order valence-electron chi connectivity index (χ1n) is 3.76. The van der Waals surface area contributed by atoms with E-state index in [0.29, 0.717) is 5.01 Å². The van der Waals surface area contributed by atoms with Crippen molar-refractivity contribution >= 4 is 17.1 Å². The molecule has 0 amide bonds. The van der Waals surface area contributed by atoms with Gasteiger partial charge in [-0.05, 0) is 6.92 Å². The van der Waals surface area contributed by atoms with Crippen molar-refractivity contribution in [1.29, 1.82) is 0 Å². The number of rotatable bonds is 1. The Hall–Kier alpha value is -0.770. The zero-order valence-electron chi connectivity index (χ0n) is 7.71. The van der Waals surface area contributed by atoms with E-state index < -0.39 is 0 Å². The Kier molecular flexibility index (Phi) is 2.28. The Morgan fingerprint density at radius 3 is 2.25 bits per heavy atom. The summed E-state index contributed by atoms with van der Waals surface area (Å²) in [6, 6.07) is 0. The maximum Gasteiger partial charge on any atom is 0.198 e. The molecule has 0 spiro atoms. The Labute approximate surface area is 75.8 Å². The van der Waals surface area contributed by atoms with Crippen LogP contribution in [0.3, 0.4) is 0 Å². The number of nitrogens with zero attached hydrogens (tertiary/aromatic N) is 2. The molecule has 1 aromatic rings. The van der Waals surface area contributed by atoms with Gasteiger partial charge in [-0.1, -0.05) is 32.1 Å². The first-order valence-corrected chi connectivity index (χ1v) is 4.58. The molecule has 1 rings (SSSR count). The number of aryl methyl sites for hydroxylation is 1. The van der Waals surface area contributed by atoms with Crippen molar-refractivity contribution in [2.75, 3.05) is 0 Å². The third-order valence-corrected chi connectivity index (χ3v) is 2.24. The van der Waals surface area contributed by atoms with Crippen LogP contribution < -0.4 is 0 Å². The molecule has 0 atom stereocenters. The van der Waals surface area contributed by atoms with Gasteiger partial charge in [-0.2, -0.15) is 0 Å². The van der Waals surface area contributed by atoms with Crippen LogP contribution in [0.5, 0.6) is 0 Å². The summed E-state index contributed by atoms with van der Waals surface area (Å²) < 4.78 is 0. The predicted molar refractivity (Wildman–Crippen MR) is 48.4 cm³/mol. The lowest BCUT2D eigenvalue weighted by Crippen LogP contribution is -2.19. The normalized spacial score (nSPS) is 11.7. The van der Waals surface area contributed by atoms with Gasteiger partial charge in [0.2, 0.25) is 0 Å². The topological polar surface area (TPSA) is 42.9 Å². The van der Waals surface area contributed by atoms with Gasteiger partial charge in [-0.15, -0.1) is 10.2 Å². The maximum absolute atomic E-state index is 11.6. The number of hydrogen-bond acceptors (Lipinski definition) is 4. The molecule has 0 radical (unpaired) electrons. The van der Waals surface area contributed by atoms with Crippen LogP contribution in [-0.2, 0) is 0 Å². The molecule has 1 aromatic heterocycles. The second-order valence-electron chi connectivity index (χ2n) is 3.71. The first kappa shape index (κ1) is 9.32. The van der Waals surface area contributed by atoms with Crippen molar-refractivity contribution in [3.05, 3.63) is 10.0 Å². The zero-order chi connectivity index (χ0) is 9.35. The SMILES string of the molecule is Cc1nnc(C(=O)C(C)(C)C)s1. The van der Waals surface area contributed by atoms with E-state index in [9.17, 15) is 4.79 Å². The highest BCUT2D eigenvalue weighted by Crippen LogP contribution is 2.22. The quantitative estimate of drug-likeness (QED) is 0.627. The fourth-order valence-electron chi connectivity index (χ4n) is 0.709. The number of carbonyl (C=O) groups excluding carboxylic acids is 1. The van der Waals surface area contributed by atoms with Gasteiger partial charge in [0.15, 0.2) is 10.8 Å². The summed E-state index contributed by atoms with van der Waals surface area (Å²) >= 11 is 1.35. The highest BCUT2D eigenvalue weighted by molar-refractivity contribution is 7.13. The molecule has 66 valence electrons. The maximum atomic E-state index is 11.6. The largest absolute Gasteiger partial charge is 0.291 e. The van der Waals surface area contributed by atoms with Gasteiger partial charge in [-0.3, -0.25) is 4.79 Å². The molecule has 0 saturated carbocycles. The smallest absolute Gasteiger partial charge is 0.198 e. The van der Waals surface area contributed by atoms with E-state index in [1.165, 1.54) is 11.3 Å². The molecule has 12 heavy (non-hydrogen) atoms. The average molecular weight is 184 g/mol. The summed E-state index contributed by atoms with van der Waals surface area (Å²) in [5.74, 6) is 0.0631. The van der Waals surface area contributed by atoms with Crippen molar-refractivity contribution in [1.82, 2.24) is 10.2 Å². The Balaban J connectivity index is 2.93. The minimum Gasteiger partial charge on any atom is -0.291 e. The fourth-order valence-corrected chi connectivity index (χ4v) is 1.55. The Bertz CT molecular complexity index is 298. The molecule has 4 heteroatoms. The molecule has 0 N–H and O–H groups in total. The molecule has 0 fully saturated rings. The van der Waals surface area contributed by atoms with Gasteiger partial charge in [-0.25, -0.2) is 0 Å². The number of Topliss-reactive ketones (excluding diaryl/α,β-unsaturated/α-hetero) is 1. The van der Waals surface area contributed by atoms with Crippen molar-refractivity contribution in [3.63, 3.8) is 0 Å². The second kappa shape index (κ2) is 2.94. The molecule has 0 saturated heterocycles. The minimum atomic E-state index is -0.355. The van der Waals surface area contributed by atoms with Crippen LogP contribution in [0.4, 0.5) is 0 Å². The van der Waals surface area contributed by atoms with Gasteiger partial charge in [0.1, 0.15) is 5.01 Å². The van der Waals surface area contributed by atoms with E-state index in [4.69, 9.17) is 0 Å². The number of ketones is 1. The highest BCUT2D eigenvalue weighted by atomic mass is 32.1. The van der Waals surface area contributed by atoms with Crippen LogP contribution in [0, 0.1) is 12.3 Å². The van der Waals surface area contributed by atoms with Crippen LogP contribution in [0.15, 0.2) is 0 Å². The van der Waals surface area contributed by atoms with E-state index in [1.807, 2.05) is 27.7 Å².